The summed E-state index contributed by atoms with van der Waals surface area (Å²) in [6.07, 6.45) is 3.48. The Hall–Kier alpha value is -3.99. The van der Waals surface area contributed by atoms with E-state index in [2.05, 4.69) is 4.98 Å². The van der Waals surface area contributed by atoms with Crippen molar-refractivity contribution in [2.45, 2.75) is 0 Å². The quantitative estimate of drug-likeness (QED) is 0.441. The van der Waals surface area contributed by atoms with Crippen LogP contribution in [0.5, 0.6) is 17.2 Å². The second kappa shape index (κ2) is 6.03. The van der Waals surface area contributed by atoms with E-state index in [9.17, 15) is 15.0 Å². The fourth-order valence-electron chi connectivity index (χ4n) is 3.60. The summed E-state index contributed by atoms with van der Waals surface area (Å²) in [7, 11) is 0. The zero-order chi connectivity index (χ0) is 19.3. The Morgan fingerprint density at radius 3 is 2.61 bits per heavy atom. The Labute approximate surface area is 160 Å². The first-order chi connectivity index (χ1) is 13.6. The van der Waals surface area contributed by atoms with Crippen molar-refractivity contribution in [1.82, 2.24) is 4.98 Å². The standard InChI is InChI=1S/C23H15NO4/c25-15-10-18(26)22-19(11-15)28-20(23(22)27)9-14-12-24-17-8-4-7-16(21(14)17)13-5-2-1-3-6-13/h1-12,24-26H/b20-9+. The number of phenols is 2. The number of fused-ring (bicyclic) bond motifs is 2. The minimum atomic E-state index is -0.418. The number of benzene rings is 3. The van der Waals surface area contributed by atoms with Gasteiger partial charge in [0.15, 0.2) is 5.76 Å². The van der Waals surface area contributed by atoms with Gasteiger partial charge in [0.25, 0.3) is 0 Å². The maximum Gasteiger partial charge on any atom is 0.235 e. The highest BCUT2D eigenvalue weighted by Crippen LogP contribution is 2.41. The van der Waals surface area contributed by atoms with Gasteiger partial charge in [-0.15, -0.1) is 0 Å². The molecular weight excluding hydrogens is 354 g/mol. The van der Waals surface area contributed by atoms with Crippen LogP contribution in [0.1, 0.15) is 15.9 Å². The van der Waals surface area contributed by atoms with Crippen molar-refractivity contribution in [2.24, 2.45) is 0 Å². The van der Waals surface area contributed by atoms with Crippen LogP contribution in [-0.4, -0.2) is 21.0 Å². The van der Waals surface area contributed by atoms with Crippen LogP contribution in [0.25, 0.3) is 28.1 Å². The number of hydrogen-bond acceptors (Lipinski definition) is 4. The highest BCUT2D eigenvalue weighted by molar-refractivity contribution is 6.17. The number of phenolic OH excluding ortho intramolecular Hbond substituents is 2. The van der Waals surface area contributed by atoms with Crippen molar-refractivity contribution < 1.29 is 19.7 Å². The van der Waals surface area contributed by atoms with Crippen molar-refractivity contribution in [3.8, 4) is 28.4 Å². The summed E-state index contributed by atoms with van der Waals surface area (Å²) in [6.45, 7) is 0. The van der Waals surface area contributed by atoms with Crippen LogP contribution in [0.4, 0.5) is 0 Å². The maximum absolute atomic E-state index is 12.7. The minimum Gasteiger partial charge on any atom is -0.508 e. The van der Waals surface area contributed by atoms with Crippen molar-refractivity contribution in [1.29, 1.82) is 0 Å². The average molecular weight is 369 g/mol. The lowest BCUT2D eigenvalue weighted by Crippen LogP contribution is -1.98. The van der Waals surface area contributed by atoms with E-state index < -0.39 is 5.78 Å². The summed E-state index contributed by atoms with van der Waals surface area (Å²) in [5.41, 5.74) is 3.91. The topological polar surface area (TPSA) is 82.6 Å². The Kier molecular flexibility index (Phi) is 3.49. The van der Waals surface area contributed by atoms with Crippen molar-refractivity contribution in [3.63, 3.8) is 0 Å². The lowest BCUT2D eigenvalue weighted by Gasteiger charge is -2.05. The molecule has 0 saturated carbocycles. The lowest BCUT2D eigenvalue weighted by atomic mass is 9.98. The van der Waals surface area contributed by atoms with E-state index in [0.29, 0.717) is 0 Å². The molecule has 0 spiro atoms. The first-order valence-corrected chi connectivity index (χ1v) is 8.77. The number of Topliss-reactive ketones (excluding diaryl/α,β-unsaturated/α-hetero) is 1. The van der Waals surface area contributed by atoms with Gasteiger partial charge in [-0.1, -0.05) is 42.5 Å². The summed E-state index contributed by atoms with van der Waals surface area (Å²) in [5, 5.41) is 20.6. The van der Waals surface area contributed by atoms with Gasteiger partial charge in [0.2, 0.25) is 5.78 Å². The van der Waals surface area contributed by atoms with Crippen LogP contribution in [0.15, 0.2) is 72.6 Å². The molecule has 5 rings (SSSR count). The van der Waals surface area contributed by atoms with Crippen LogP contribution < -0.4 is 4.74 Å². The number of aromatic amines is 1. The number of hydrogen-bond donors (Lipinski definition) is 3. The van der Waals surface area contributed by atoms with E-state index in [1.165, 1.54) is 6.07 Å². The molecule has 0 radical (unpaired) electrons. The van der Waals surface area contributed by atoms with E-state index in [4.69, 9.17) is 4.74 Å². The molecule has 1 aromatic heterocycles. The van der Waals surface area contributed by atoms with Gasteiger partial charge >= 0.3 is 0 Å². The molecule has 0 fully saturated rings. The molecule has 0 atom stereocenters. The van der Waals surface area contributed by atoms with Gasteiger partial charge in [-0.3, -0.25) is 4.79 Å². The van der Waals surface area contributed by atoms with E-state index in [1.54, 1.807) is 6.08 Å². The van der Waals surface area contributed by atoms with Gasteiger partial charge in [-0.25, -0.2) is 0 Å². The van der Waals surface area contributed by atoms with Crippen molar-refractivity contribution in [2.75, 3.05) is 0 Å². The summed E-state index contributed by atoms with van der Waals surface area (Å²) in [4.78, 5) is 15.9. The first-order valence-electron chi connectivity index (χ1n) is 8.77. The molecular formula is C23H15NO4. The Bertz CT molecular complexity index is 1270. The second-order valence-electron chi connectivity index (χ2n) is 6.62. The average Bonchev–Trinajstić information content (AvgIpc) is 3.24. The SMILES string of the molecule is O=C1/C(=C\c2c[nH]c3cccc(-c4ccccc4)c23)Oc2cc(O)cc(O)c21. The van der Waals surface area contributed by atoms with Crippen LogP contribution in [0.3, 0.4) is 0 Å². The molecule has 0 aliphatic carbocycles. The van der Waals surface area contributed by atoms with Crippen LogP contribution in [0, 0.1) is 0 Å². The molecule has 3 aromatic carbocycles. The zero-order valence-electron chi connectivity index (χ0n) is 14.6. The van der Waals surface area contributed by atoms with Crippen molar-refractivity contribution >= 4 is 22.8 Å². The normalized spacial score (nSPS) is 14.4. The van der Waals surface area contributed by atoms with Crippen LogP contribution in [0.2, 0.25) is 0 Å². The van der Waals surface area contributed by atoms with E-state index >= 15 is 0 Å². The lowest BCUT2D eigenvalue weighted by molar-refractivity contribution is 0.101. The number of ketones is 1. The number of H-pyrrole nitrogens is 1. The molecule has 1 aliphatic heterocycles. The zero-order valence-corrected chi connectivity index (χ0v) is 14.6. The first kappa shape index (κ1) is 16.2. The van der Waals surface area contributed by atoms with Gasteiger partial charge in [0.1, 0.15) is 22.8 Å². The summed E-state index contributed by atoms with van der Waals surface area (Å²) in [5.74, 6) is -0.633. The predicted octanol–water partition coefficient (Wildman–Crippen LogP) is 4.86. The predicted molar refractivity (Wildman–Crippen MR) is 106 cm³/mol. The largest absolute Gasteiger partial charge is 0.508 e. The Morgan fingerprint density at radius 1 is 0.964 bits per heavy atom. The van der Waals surface area contributed by atoms with Gasteiger partial charge in [0.05, 0.1) is 0 Å². The van der Waals surface area contributed by atoms with Gasteiger partial charge in [-0.2, -0.15) is 0 Å². The third-order valence-electron chi connectivity index (χ3n) is 4.84. The third-order valence-corrected chi connectivity index (χ3v) is 4.84. The molecule has 0 bridgehead atoms. The molecule has 28 heavy (non-hydrogen) atoms. The summed E-state index contributed by atoms with van der Waals surface area (Å²) in [6, 6.07) is 18.4. The van der Waals surface area contributed by atoms with E-state index in [-0.39, 0.29) is 28.6 Å². The number of carbonyl (C=O) groups is 1. The van der Waals surface area contributed by atoms with Gasteiger partial charge in [-0.05, 0) is 23.3 Å². The third kappa shape index (κ3) is 2.45. The number of nitrogens with one attached hydrogen (secondary N) is 1. The molecule has 5 heteroatoms. The van der Waals surface area contributed by atoms with Crippen LogP contribution >= 0.6 is 0 Å². The van der Waals surface area contributed by atoms with E-state index in [1.807, 2.05) is 54.7 Å². The summed E-state index contributed by atoms with van der Waals surface area (Å²) >= 11 is 0. The number of carbonyl (C=O) groups excluding carboxylic acids is 1. The van der Waals surface area contributed by atoms with Crippen molar-refractivity contribution in [3.05, 3.63) is 83.7 Å². The van der Waals surface area contributed by atoms with E-state index in [0.717, 1.165) is 33.7 Å². The highest BCUT2D eigenvalue weighted by atomic mass is 16.5. The highest BCUT2D eigenvalue weighted by Gasteiger charge is 2.31. The minimum absolute atomic E-state index is 0.0622. The fourth-order valence-corrected chi connectivity index (χ4v) is 3.60. The fraction of sp³-hybridized carbons (Fsp3) is 0. The number of aromatic hydroxyl groups is 2. The van der Waals surface area contributed by atoms with Gasteiger partial charge < -0.3 is 19.9 Å². The number of rotatable bonds is 2. The Balaban J connectivity index is 1.66. The Morgan fingerprint density at radius 2 is 1.79 bits per heavy atom. The molecule has 136 valence electrons. The number of allylic oxidation sites excluding steroid dienone is 1. The second-order valence-corrected chi connectivity index (χ2v) is 6.62. The molecule has 0 amide bonds. The number of aromatic nitrogens is 1. The van der Waals surface area contributed by atoms with Crippen LogP contribution in [-0.2, 0) is 0 Å². The summed E-state index contributed by atoms with van der Waals surface area (Å²) < 4.78 is 5.63. The molecule has 2 heterocycles. The molecule has 4 aromatic rings. The number of ether oxygens (including phenoxy) is 1. The molecule has 1 aliphatic rings. The van der Waals surface area contributed by atoms with Gasteiger partial charge in [0, 0.05) is 34.8 Å². The smallest absolute Gasteiger partial charge is 0.235 e. The monoisotopic (exact) mass is 369 g/mol. The maximum atomic E-state index is 12.7. The molecule has 0 saturated heterocycles. The molecule has 0 unspecified atom stereocenters. The molecule has 5 nitrogen and oxygen atoms in total. The molecule has 3 N–H and O–H groups in total.